The number of rotatable bonds is 2. The van der Waals surface area contributed by atoms with Gasteiger partial charge in [-0.3, -0.25) is 4.79 Å². The Morgan fingerprint density at radius 1 is 1.58 bits per heavy atom. The van der Waals surface area contributed by atoms with Gasteiger partial charge < -0.3 is 15.2 Å². The Hall–Kier alpha value is -1.88. The smallest absolute Gasteiger partial charge is 0.227 e. The molecule has 5 heteroatoms. The molecule has 5 nitrogen and oxygen atoms in total. The van der Waals surface area contributed by atoms with Crippen molar-refractivity contribution in [3.8, 4) is 0 Å². The predicted octanol–water partition coefficient (Wildman–Crippen LogP) is 0.926. The second-order valence-corrected chi connectivity index (χ2v) is 5.03. The van der Waals surface area contributed by atoms with Crippen LogP contribution in [0.1, 0.15) is 12.5 Å². The Bertz CT molecular complexity index is 592. The maximum atomic E-state index is 12.4. The van der Waals surface area contributed by atoms with E-state index in [2.05, 4.69) is 22.2 Å². The summed E-state index contributed by atoms with van der Waals surface area (Å²) < 4.78 is 0. The van der Waals surface area contributed by atoms with Crippen LogP contribution in [0.2, 0.25) is 0 Å². The first-order valence-corrected chi connectivity index (χ1v) is 6.67. The number of nitrogens with zero attached hydrogens (tertiary/aromatic N) is 2. The molecule has 1 saturated heterocycles. The molecule has 3 rings (SSSR count). The first-order valence-electron chi connectivity index (χ1n) is 6.67. The molecule has 2 aromatic rings. The highest BCUT2D eigenvalue weighted by molar-refractivity contribution is 5.87. The number of hydrogen-bond donors (Lipinski definition) is 2. The van der Waals surface area contributed by atoms with E-state index < -0.39 is 0 Å². The lowest BCUT2D eigenvalue weighted by atomic mass is 10.1. The van der Waals surface area contributed by atoms with Gasteiger partial charge in [0.2, 0.25) is 5.91 Å². The Kier molecular flexibility index (Phi) is 3.21. The van der Waals surface area contributed by atoms with Crippen molar-refractivity contribution in [1.82, 2.24) is 20.2 Å². The molecule has 2 N–H and O–H groups in total. The lowest BCUT2D eigenvalue weighted by Gasteiger charge is -2.34. The van der Waals surface area contributed by atoms with E-state index in [-0.39, 0.29) is 11.9 Å². The lowest BCUT2D eigenvalue weighted by molar-refractivity contribution is -0.133. The van der Waals surface area contributed by atoms with Gasteiger partial charge in [0.05, 0.1) is 6.42 Å². The third-order valence-electron chi connectivity index (χ3n) is 3.70. The van der Waals surface area contributed by atoms with Crippen LogP contribution < -0.4 is 5.32 Å². The van der Waals surface area contributed by atoms with Crippen molar-refractivity contribution < 1.29 is 4.79 Å². The summed E-state index contributed by atoms with van der Waals surface area (Å²) in [6.45, 7) is 4.63. The molecule has 3 heterocycles. The van der Waals surface area contributed by atoms with Crippen molar-refractivity contribution >= 4 is 16.9 Å². The van der Waals surface area contributed by atoms with Crippen molar-refractivity contribution in [2.24, 2.45) is 0 Å². The van der Waals surface area contributed by atoms with Crippen LogP contribution in [0.4, 0.5) is 0 Å². The number of carbonyl (C=O) groups is 1. The van der Waals surface area contributed by atoms with Crippen molar-refractivity contribution in [3.63, 3.8) is 0 Å². The maximum Gasteiger partial charge on any atom is 0.227 e. The molecule has 1 aliphatic rings. The molecule has 0 spiro atoms. The number of amides is 1. The lowest BCUT2D eigenvalue weighted by Crippen LogP contribution is -2.52. The molecule has 0 aromatic carbocycles. The first kappa shape index (κ1) is 12.2. The molecule has 19 heavy (non-hydrogen) atoms. The average molecular weight is 258 g/mol. The largest absolute Gasteiger partial charge is 0.346 e. The van der Waals surface area contributed by atoms with E-state index in [9.17, 15) is 4.79 Å². The summed E-state index contributed by atoms with van der Waals surface area (Å²) in [5.74, 6) is 0.193. The van der Waals surface area contributed by atoms with E-state index in [1.165, 1.54) is 0 Å². The van der Waals surface area contributed by atoms with E-state index in [4.69, 9.17) is 0 Å². The second kappa shape index (κ2) is 5.01. The standard InChI is InChI=1S/C14H18N4O/c1-10-8-15-5-6-18(10)13(19)7-11-9-17-14-12(11)3-2-4-16-14/h2-4,9-10,15H,5-8H2,1H3,(H,16,17). The molecule has 1 fully saturated rings. The molecule has 1 aliphatic heterocycles. The van der Waals surface area contributed by atoms with Crippen LogP contribution in [0.5, 0.6) is 0 Å². The minimum atomic E-state index is 0.193. The van der Waals surface area contributed by atoms with Gasteiger partial charge in [-0.25, -0.2) is 4.98 Å². The molecular formula is C14H18N4O. The molecule has 0 bridgehead atoms. The van der Waals surface area contributed by atoms with Crippen molar-refractivity contribution in [2.75, 3.05) is 19.6 Å². The average Bonchev–Trinajstić information content (AvgIpc) is 2.83. The highest BCUT2D eigenvalue weighted by atomic mass is 16.2. The Morgan fingerprint density at radius 2 is 2.47 bits per heavy atom. The normalized spacial score (nSPS) is 19.8. The number of aromatic amines is 1. The number of aromatic nitrogens is 2. The van der Waals surface area contributed by atoms with Gasteiger partial charge in [0.15, 0.2) is 0 Å². The molecule has 1 amide bonds. The predicted molar refractivity (Wildman–Crippen MR) is 73.8 cm³/mol. The Labute approximate surface area is 112 Å². The molecule has 100 valence electrons. The van der Waals surface area contributed by atoms with E-state index in [0.717, 1.165) is 36.2 Å². The van der Waals surface area contributed by atoms with Crippen LogP contribution in [0.15, 0.2) is 24.5 Å². The van der Waals surface area contributed by atoms with E-state index >= 15 is 0 Å². The zero-order valence-corrected chi connectivity index (χ0v) is 11.0. The minimum absolute atomic E-state index is 0.193. The van der Waals surface area contributed by atoms with Crippen molar-refractivity contribution in [3.05, 3.63) is 30.1 Å². The van der Waals surface area contributed by atoms with Gasteiger partial charge in [-0.1, -0.05) is 0 Å². The monoisotopic (exact) mass is 258 g/mol. The molecule has 1 unspecified atom stereocenters. The number of piperazine rings is 1. The fraction of sp³-hybridized carbons (Fsp3) is 0.429. The zero-order chi connectivity index (χ0) is 13.2. The number of hydrogen-bond acceptors (Lipinski definition) is 3. The number of carbonyl (C=O) groups excluding carboxylic acids is 1. The van der Waals surface area contributed by atoms with Crippen LogP contribution >= 0.6 is 0 Å². The third kappa shape index (κ3) is 2.33. The highest BCUT2D eigenvalue weighted by Gasteiger charge is 2.23. The van der Waals surface area contributed by atoms with Gasteiger partial charge in [0.25, 0.3) is 0 Å². The SMILES string of the molecule is CC1CNCCN1C(=O)Cc1c[nH]c2ncccc12. The van der Waals surface area contributed by atoms with E-state index in [0.29, 0.717) is 6.42 Å². The number of pyridine rings is 1. The summed E-state index contributed by atoms with van der Waals surface area (Å²) in [5, 5.41) is 4.34. The molecule has 0 radical (unpaired) electrons. The fourth-order valence-corrected chi connectivity index (χ4v) is 2.63. The maximum absolute atomic E-state index is 12.4. The summed E-state index contributed by atoms with van der Waals surface area (Å²) in [6.07, 6.45) is 4.08. The summed E-state index contributed by atoms with van der Waals surface area (Å²) in [6, 6.07) is 4.17. The molecule has 0 saturated carbocycles. The highest BCUT2D eigenvalue weighted by Crippen LogP contribution is 2.17. The van der Waals surface area contributed by atoms with Gasteiger partial charge in [-0.2, -0.15) is 0 Å². The summed E-state index contributed by atoms with van der Waals surface area (Å²) in [5.41, 5.74) is 1.87. The Morgan fingerprint density at radius 3 is 3.32 bits per heavy atom. The zero-order valence-electron chi connectivity index (χ0n) is 11.0. The summed E-state index contributed by atoms with van der Waals surface area (Å²) in [7, 11) is 0. The van der Waals surface area contributed by atoms with Crippen molar-refractivity contribution in [1.29, 1.82) is 0 Å². The van der Waals surface area contributed by atoms with Gasteiger partial charge in [0, 0.05) is 43.5 Å². The number of nitrogens with one attached hydrogen (secondary N) is 2. The molecular weight excluding hydrogens is 240 g/mol. The van der Waals surface area contributed by atoms with Gasteiger partial charge in [0.1, 0.15) is 5.65 Å². The quantitative estimate of drug-likeness (QED) is 0.842. The molecule has 2 aromatic heterocycles. The second-order valence-electron chi connectivity index (χ2n) is 5.03. The summed E-state index contributed by atoms with van der Waals surface area (Å²) >= 11 is 0. The van der Waals surface area contributed by atoms with Gasteiger partial charge in [-0.05, 0) is 24.6 Å². The van der Waals surface area contributed by atoms with Crippen molar-refractivity contribution in [2.45, 2.75) is 19.4 Å². The van der Waals surface area contributed by atoms with Crippen LogP contribution in [0.25, 0.3) is 11.0 Å². The first-order chi connectivity index (χ1) is 9.25. The van der Waals surface area contributed by atoms with Gasteiger partial charge >= 0.3 is 0 Å². The third-order valence-corrected chi connectivity index (χ3v) is 3.70. The van der Waals surface area contributed by atoms with E-state index in [1.54, 1.807) is 6.20 Å². The van der Waals surface area contributed by atoms with Gasteiger partial charge in [-0.15, -0.1) is 0 Å². The van der Waals surface area contributed by atoms with Crippen LogP contribution in [-0.2, 0) is 11.2 Å². The number of fused-ring (bicyclic) bond motifs is 1. The van der Waals surface area contributed by atoms with Crippen LogP contribution in [0, 0.1) is 0 Å². The topological polar surface area (TPSA) is 61.0 Å². The summed E-state index contributed by atoms with van der Waals surface area (Å²) in [4.78, 5) is 21.7. The van der Waals surface area contributed by atoms with Crippen LogP contribution in [0.3, 0.4) is 0 Å². The van der Waals surface area contributed by atoms with E-state index in [1.807, 2.05) is 23.2 Å². The molecule has 1 atom stereocenters. The Balaban J connectivity index is 1.79. The minimum Gasteiger partial charge on any atom is -0.346 e. The van der Waals surface area contributed by atoms with Crippen LogP contribution in [-0.4, -0.2) is 46.5 Å². The fourth-order valence-electron chi connectivity index (χ4n) is 2.63. The number of H-pyrrole nitrogens is 1. The molecule has 0 aliphatic carbocycles.